The number of halogens is 2. The summed E-state index contributed by atoms with van der Waals surface area (Å²) < 4.78 is 123. The highest BCUT2D eigenvalue weighted by molar-refractivity contribution is 7.53. The molecular weight excluding hydrogens is 1010 g/mol. The van der Waals surface area contributed by atoms with Crippen LogP contribution < -0.4 is 10.6 Å². The van der Waals surface area contributed by atoms with Gasteiger partial charge < -0.3 is 38.8 Å². The summed E-state index contributed by atoms with van der Waals surface area (Å²) in [6.07, 6.45) is -7.65. The molecule has 0 radical (unpaired) electrons. The van der Waals surface area contributed by atoms with Gasteiger partial charge >= 0.3 is 27.4 Å². The monoisotopic (exact) mass is 1070 g/mol. The van der Waals surface area contributed by atoms with Crippen LogP contribution in [0.25, 0.3) is 22.3 Å². The van der Waals surface area contributed by atoms with Crippen molar-refractivity contribution >= 4 is 73.1 Å². The van der Waals surface area contributed by atoms with Crippen molar-refractivity contribution in [3.05, 3.63) is 50.6 Å². The summed E-state index contributed by atoms with van der Waals surface area (Å²) in [5, 5.41) is 5.25. The molecule has 73 heavy (non-hydrogen) atoms. The van der Waals surface area contributed by atoms with Gasteiger partial charge in [0.05, 0.1) is 36.7 Å². The molecule has 0 saturated carbocycles. The van der Waals surface area contributed by atoms with Crippen molar-refractivity contribution in [2.24, 2.45) is 10.8 Å². The van der Waals surface area contributed by atoms with Crippen LogP contribution in [0.2, 0.25) is 0 Å². The number of phosphoric acid groups is 1. The summed E-state index contributed by atoms with van der Waals surface area (Å²) >= 11 is 0. The Morgan fingerprint density at radius 2 is 1.18 bits per heavy atom. The SMILES string of the molecule is C=CCCC(=O)Nc1ncnc2c1ncn2[C@@H]1O[C@@H]2COP(=O)(OCOC(=O)C(C)(C)C)O[C@@H]3C(COP(=O)(OCOC(=O)C(C)(C)C)CO[C@H]2[C@H]1F)O[C@@H](n1cnc2c(NC(=O)CCC=C)ncnc21)[C@@H]3F. The highest BCUT2D eigenvalue weighted by Gasteiger charge is 2.55. The maximum Gasteiger partial charge on any atom is 0.478 e. The average Bonchev–Trinajstić information content (AvgIpc) is 4.11. The Kier molecular flexibility index (Phi) is 17.3. The van der Waals surface area contributed by atoms with Crippen LogP contribution in [-0.2, 0) is 74.6 Å². The Hall–Kier alpha value is -5.54. The first-order chi connectivity index (χ1) is 34.5. The van der Waals surface area contributed by atoms with Gasteiger partial charge in [0.1, 0.15) is 43.4 Å². The molecule has 0 bridgehead atoms. The third-order valence-electron chi connectivity index (χ3n) is 11.0. The van der Waals surface area contributed by atoms with E-state index in [9.17, 15) is 28.3 Å². The zero-order chi connectivity index (χ0) is 52.9. The van der Waals surface area contributed by atoms with Gasteiger partial charge in [-0.15, -0.1) is 13.2 Å². The topological polar surface area (TPSA) is 306 Å². The van der Waals surface area contributed by atoms with E-state index < -0.39 is 132 Å². The number of nitrogens with zero attached hydrogens (tertiary/aromatic N) is 8. The van der Waals surface area contributed by atoms with Crippen LogP contribution in [0.15, 0.2) is 50.6 Å². The van der Waals surface area contributed by atoms with Crippen molar-refractivity contribution in [1.29, 1.82) is 0 Å². The normalized spacial score (nSPS) is 27.9. The van der Waals surface area contributed by atoms with E-state index in [1.807, 2.05) is 0 Å². The number of esters is 2. The summed E-state index contributed by atoms with van der Waals surface area (Å²) in [5.74, 6) is -2.40. The van der Waals surface area contributed by atoms with Crippen molar-refractivity contribution in [3.63, 3.8) is 0 Å². The van der Waals surface area contributed by atoms with E-state index in [0.717, 1.165) is 34.4 Å². The van der Waals surface area contributed by atoms with E-state index >= 15 is 8.78 Å². The number of fused-ring (bicyclic) bond motifs is 4. The largest absolute Gasteiger partial charge is 0.478 e. The summed E-state index contributed by atoms with van der Waals surface area (Å²) in [6.45, 7) is 12.7. The minimum atomic E-state index is -5.23. The van der Waals surface area contributed by atoms with E-state index in [-0.39, 0.29) is 46.8 Å². The molecule has 0 spiro atoms. The molecular formula is C43H56F2N10O16P2. The molecule has 7 heterocycles. The van der Waals surface area contributed by atoms with Crippen LogP contribution in [0.3, 0.4) is 0 Å². The molecule has 26 nitrogen and oxygen atoms in total. The van der Waals surface area contributed by atoms with Crippen LogP contribution in [0.5, 0.6) is 0 Å². The number of hydrogen-bond donors (Lipinski definition) is 2. The third-order valence-corrected chi connectivity index (χ3v) is 13.9. The van der Waals surface area contributed by atoms with E-state index in [1.165, 1.54) is 20.8 Å². The maximum absolute atomic E-state index is 17.3. The van der Waals surface area contributed by atoms with Gasteiger partial charge in [-0.2, -0.15) is 0 Å². The Bertz CT molecular complexity index is 2790. The van der Waals surface area contributed by atoms with E-state index in [2.05, 4.69) is 53.7 Å². The highest BCUT2D eigenvalue weighted by atomic mass is 31.2. The lowest BCUT2D eigenvalue weighted by Crippen LogP contribution is -2.35. The predicted molar refractivity (Wildman–Crippen MR) is 249 cm³/mol. The molecule has 30 heteroatoms. The Labute approximate surface area is 416 Å². The lowest BCUT2D eigenvalue weighted by molar-refractivity contribution is -0.161. The smallest absolute Gasteiger partial charge is 0.438 e. The molecule has 2 N–H and O–H groups in total. The summed E-state index contributed by atoms with van der Waals surface area (Å²) in [5.41, 5.74) is -2.06. The van der Waals surface area contributed by atoms with Crippen LogP contribution in [0.1, 0.15) is 79.7 Å². The summed E-state index contributed by atoms with van der Waals surface area (Å²) in [6, 6.07) is 0. The van der Waals surface area contributed by atoms with Gasteiger partial charge in [0, 0.05) is 12.8 Å². The fourth-order valence-corrected chi connectivity index (χ4v) is 9.59. The van der Waals surface area contributed by atoms with Crippen LogP contribution in [0.4, 0.5) is 20.4 Å². The second-order valence-electron chi connectivity index (χ2n) is 18.7. The van der Waals surface area contributed by atoms with Gasteiger partial charge in [-0.25, -0.2) is 47.8 Å². The molecule has 3 aliphatic rings. The summed E-state index contributed by atoms with van der Waals surface area (Å²) in [7, 11) is -9.99. The number of alkyl halides is 2. The molecule has 3 aliphatic heterocycles. The van der Waals surface area contributed by atoms with Crippen LogP contribution >= 0.6 is 15.4 Å². The lowest BCUT2D eigenvalue weighted by Gasteiger charge is -2.26. The maximum atomic E-state index is 17.3. The molecule has 398 valence electrons. The molecule has 0 aliphatic carbocycles. The fourth-order valence-electron chi connectivity index (χ4n) is 7.17. The molecule has 10 atom stereocenters. The number of aromatic nitrogens is 8. The van der Waals surface area contributed by atoms with Gasteiger partial charge in [0.15, 0.2) is 58.8 Å². The van der Waals surface area contributed by atoms with Crippen molar-refractivity contribution in [1.82, 2.24) is 39.0 Å². The van der Waals surface area contributed by atoms with Crippen molar-refractivity contribution < 1.29 is 83.4 Å². The molecule has 7 rings (SSSR count). The molecule has 2 amide bonds. The fraction of sp³-hybridized carbons (Fsp3) is 0.581. The summed E-state index contributed by atoms with van der Waals surface area (Å²) in [4.78, 5) is 75.9. The van der Waals surface area contributed by atoms with Crippen molar-refractivity contribution in [2.45, 2.75) is 116 Å². The minimum absolute atomic E-state index is 0.00315. The molecule has 4 aromatic heterocycles. The number of nitrogens with one attached hydrogen (secondary N) is 2. The second-order valence-corrected chi connectivity index (χ2v) is 22.3. The quantitative estimate of drug-likeness (QED) is 0.0550. The van der Waals surface area contributed by atoms with Gasteiger partial charge in [-0.05, 0) is 54.4 Å². The van der Waals surface area contributed by atoms with Crippen molar-refractivity contribution in [3.8, 4) is 0 Å². The van der Waals surface area contributed by atoms with Gasteiger partial charge in [-0.3, -0.25) is 46.4 Å². The third kappa shape index (κ3) is 13.1. The number of allylic oxidation sites excluding steroid dienone is 2. The minimum Gasteiger partial charge on any atom is -0.438 e. The van der Waals surface area contributed by atoms with Crippen LogP contribution in [0, 0.1) is 10.8 Å². The van der Waals surface area contributed by atoms with Gasteiger partial charge in [0.2, 0.25) is 25.4 Å². The Morgan fingerprint density at radius 1 is 0.712 bits per heavy atom. The first-order valence-corrected chi connectivity index (χ1v) is 25.9. The first-order valence-electron chi connectivity index (χ1n) is 22.7. The number of anilines is 2. The van der Waals surface area contributed by atoms with Gasteiger partial charge in [0.25, 0.3) is 0 Å². The average molecular weight is 1070 g/mol. The zero-order valence-electron chi connectivity index (χ0n) is 40.6. The molecule has 0 aromatic carbocycles. The molecule has 3 saturated heterocycles. The lowest BCUT2D eigenvalue weighted by atomic mass is 9.98. The van der Waals surface area contributed by atoms with Crippen molar-refractivity contribution in [2.75, 3.05) is 43.8 Å². The number of amides is 2. The van der Waals surface area contributed by atoms with E-state index in [1.54, 1.807) is 32.9 Å². The molecule has 3 fully saturated rings. The number of rotatable bonds is 16. The number of imidazole rings is 2. The van der Waals surface area contributed by atoms with E-state index in [4.69, 9.17) is 46.3 Å². The number of hydrogen-bond acceptors (Lipinski definition) is 22. The Morgan fingerprint density at radius 3 is 1.67 bits per heavy atom. The highest BCUT2D eigenvalue weighted by Crippen LogP contribution is 2.56. The number of ether oxygens (including phenoxy) is 5. The second kappa shape index (κ2) is 22.9. The van der Waals surface area contributed by atoms with Gasteiger partial charge in [-0.1, -0.05) is 12.2 Å². The Balaban J connectivity index is 1.23. The number of phosphoric ester groups is 1. The predicted octanol–water partition coefficient (Wildman–Crippen LogP) is 6.15. The number of carbonyl (C=O) groups excluding carboxylic acids is 4. The zero-order valence-corrected chi connectivity index (χ0v) is 42.4. The number of carbonyl (C=O) groups is 4. The van der Waals surface area contributed by atoms with Crippen LogP contribution in [-0.4, -0.2) is 133 Å². The standard InChI is InChI=1S/C43H56F2N10O16P2/c1-9-11-13-26(56)52-34-30-36(48-17-46-34)54(19-50-30)38-28(44)32-24(69-38)16-66-73(61,68-22-63-41(59)43(6,7)8)71-33-25(15-65-72(60,23-64-32)67-21-62-40(58)42(3,4)5)70-39(29(33)45)55-20-51-31-35(47-18-49-37(31)55)53-27(57)14-12-10-2/h9-10,17-20,24-25,28-29,32-33,38-39H,1-2,11-16,21-23H2,3-8H3,(H,46,48,52,56)(H,47,49,53,57)/t24-,25?,28-,29-,32-,33-,38-,39-,72?,73?/m1/s1. The first kappa shape index (κ1) is 55.2. The molecule has 3 unspecified atom stereocenters. The van der Waals surface area contributed by atoms with E-state index in [0.29, 0.717) is 12.8 Å². The molecule has 4 aromatic rings.